The Kier molecular flexibility index (Phi) is 3.93. The van der Waals surface area contributed by atoms with E-state index in [0.29, 0.717) is 17.6 Å². The van der Waals surface area contributed by atoms with Crippen LogP contribution in [-0.4, -0.2) is 37.9 Å². The fraction of sp³-hybridized carbons (Fsp3) is 1.00. The van der Waals surface area contributed by atoms with Gasteiger partial charge in [-0.3, -0.25) is 10.4 Å². The van der Waals surface area contributed by atoms with Gasteiger partial charge in [0.15, 0.2) is 0 Å². The van der Waals surface area contributed by atoms with Crippen molar-refractivity contribution >= 4 is 0 Å². The second kappa shape index (κ2) is 4.60. The van der Waals surface area contributed by atoms with Crippen LogP contribution in [-0.2, 0) is 4.74 Å². The highest BCUT2D eigenvalue weighted by Gasteiger charge is 2.51. The number of hydrogen-bond acceptors (Lipinski definition) is 3. The molecule has 3 nitrogen and oxygen atoms in total. The maximum absolute atomic E-state index is 5.74. The summed E-state index contributed by atoms with van der Waals surface area (Å²) < 4.78 is 5.74. The zero-order valence-electron chi connectivity index (χ0n) is 10.1. The Balaban J connectivity index is 2.50. The second-order valence-electron chi connectivity index (χ2n) is 4.62. The first-order valence-corrected chi connectivity index (χ1v) is 5.59. The van der Waals surface area contributed by atoms with Crippen LogP contribution < -0.4 is 5.43 Å². The maximum atomic E-state index is 5.74. The van der Waals surface area contributed by atoms with E-state index in [1.54, 1.807) is 0 Å². The summed E-state index contributed by atoms with van der Waals surface area (Å²) in [6.45, 7) is 7.46. The van der Waals surface area contributed by atoms with Gasteiger partial charge in [0, 0.05) is 32.2 Å². The molecular weight excluding hydrogens is 176 g/mol. The van der Waals surface area contributed by atoms with E-state index in [0.717, 1.165) is 13.0 Å². The van der Waals surface area contributed by atoms with Crippen molar-refractivity contribution in [1.29, 1.82) is 0 Å². The first-order valence-electron chi connectivity index (χ1n) is 5.59. The molecule has 0 radical (unpaired) electrons. The molecule has 0 amide bonds. The Bertz CT molecular complexity index is 184. The molecule has 0 aromatic carbocycles. The molecule has 0 bridgehead atoms. The average molecular weight is 200 g/mol. The minimum atomic E-state index is 0.306. The Hall–Kier alpha value is -0.120. The summed E-state index contributed by atoms with van der Waals surface area (Å²) in [6, 6.07) is 0.569. The van der Waals surface area contributed by atoms with Crippen molar-refractivity contribution in [3.8, 4) is 0 Å². The molecule has 1 aliphatic carbocycles. The van der Waals surface area contributed by atoms with Gasteiger partial charge in [0.25, 0.3) is 0 Å². The normalized spacial score (nSPS) is 37.3. The van der Waals surface area contributed by atoms with E-state index >= 15 is 0 Å². The van der Waals surface area contributed by atoms with Gasteiger partial charge < -0.3 is 4.74 Å². The maximum Gasteiger partial charge on any atom is 0.0659 e. The lowest BCUT2D eigenvalue weighted by atomic mass is 9.62. The topological polar surface area (TPSA) is 24.5 Å². The third-order valence-electron chi connectivity index (χ3n) is 3.53. The quantitative estimate of drug-likeness (QED) is 0.683. The Morgan fingerprint density at radius 1 is 1.43 bits per heavy atom. The molecule has 14 heavy (non-hydrogen) atoms. The van der Waals surface area contributed by atoms with Crippen LogP contribution in [0.15, 0.2) is 0 Å². The van der Waals surface area contributed by atoms with Gasteiger partial charge >= 0.3 is 0 Å². The number of rotatable bonds is 5. The molecule has 0 heterocycles. The molecule has 0 spiro atoms. The van der Waals surface area contributed by atoms with Gasteiger partial charge in [-0.25, -0.2) is 0 Å². The van der Waals surface area contributed by atoms with Crippen LogP contribution >= 0.6 is 0 Å². The van der Waals surface area contributed by atoms with Gasteiger partial charge in [-0.05, 0) is 19.8 Å². The van der Waals surface area contributed by atoms with Gasteiger partial charge in [-0.1, -0.05) is 13.8 Å². The molecule has 84 valence electrons. The molecule has 1 N–H and O–H groups in total. The van der Waals surface area contributed by atoms with Crippen molar-refractivity contribution < 1.29 is 4.74 Å². The van der Waals surface area contributed by atoms with Crippen molar-refractivity contribution in [1.82, 2.24) is 10.4 Å². The lowest BCUT2D eigenvalue weighted by Gasteiger charge is -2.54. The van der Waals surface area contributed by atoms with Crippen LogP contribution in [0.5, 0.6) is 0 Å². The lowest BCUT2D eigenvalue weighted by Crippen LogP contribution is -2.64. The number of hydrazine groups is 1. The molecule has 1 aliphatic rings. The molecule has 0 aliphatic heterocycles. The predicted octanol–water partition coefficient (Wildman–Crippen LogP) is 1.65. The van der Waals surface area contributed by atoms with Gasteiger partial charge in [-0.2, -0.15) is 0 Å². The number of ether oxygens (including phenoxy) is 1. The molecular formula is C11H24N2O. The molecule has 1 saturated carbocycles. The molecule has 3 heteroatoms. The third-order valence-corrected chi connectivity index (χ3v) is 3.53. The summed E-state index contributed by atoms with van der Waals surface area (Å²) >= 11 is 0. The van der Waals surface area contributed by atoms with Crippen LogP contribution in [0.3, 0.4) is 0 Å². The van der Waals surface area contributed by atoms with Gasteiger partial charge in [0.2, 0.25) is 0 Å². The number of nitrogens with zero attached hydrogens (tertiary/aromatic N) is 1. The van der Waals surface area contributed by atoms with Gasteiger partial charge in [-0.15, -0.1) is 0 Å². The Morgan fingerprint density at radius 3 is 2.50 bits per heavy atom. The van der Waals surface area contributed by atoms with Crippen molar-refractivity contribution in [2.75, 3.05) is 20.7 Å². The van der Waals surface area contributed by atoms with Crippen LogP contribution in [0.1, 0.15) is 33.6 Å². The highest BCUT2D eigenvalue weighted by Crippen LogP contribution is 2.45. The molecule has 3 unspecified atom stereocenters. The molecule has 0 aromatic heterocycles. The van der Waals surface area contributed by atoms with Crippen LogP contribution in [0, 0.1) is 5.41 Å². The minimum Gasteiger partial charge on any atom is -0.378 e. The summed E-state index contributed by atoms with van der Waals surface area (Å²) in [4.78, 5) is 0. The summed E-state index contributed by atoms with van der Waals surface area (Å²) in [5.41, 5.74) is 3.77. The van der Waals surface area contributed by atoms with E-state index in [1.165, 1.54) is 6.42 Å². The first kappa shape index (κ1) is 12.0. The van der Waals surface area contributed by atoms with E-state index in [1.807, 2.05) is 19.1 Å². The largest absolute Gasteiger partial charge is 0.378 e. The van der Waals surface area contributed by atoms with Crippen molar-refractivity contribution in [3.05, 3.63) is 0 Å². The summed E-state index contributed by atoms with van der Waals surface area (Å²) in [5, 5.41) is 2.04. The summed E-state index contributed by atoms with van der Waals surface area (Å²) in [6.07, 6.45) is 2.74. The highest BCUT2D eigenvalue weighted by atomic mass is 16.5. The van der Waals surface area contributed by atoms with Gasteiger partial charge in [0.05, 0.1) is 6.10 Å². The zero-order chi connectivity index (χ0) is 10.8. The fourth-order valence-electron chi connectivity index (χ4n) is 2.26. The van der Waals surface area contributed by atoms with Crippen LogP contribution in [0.2, 0.25) is 0 Å². The van der Waals surface area contributed by atoms with E-state index in [-0.39, 0.29) is 0 Å². The molecule has 3 atom stereocenters. The van der Waals surface area contributed by atoms with E-state index in [9.17, 15) is 0 Å². The number of nitrogens with one attached hydrogen (secondary N) is 1. The average Bonchev–Trinajstić information content (AvgIpc) is 2.14. The first-order chi connectivity index (χ1) is 6.54. The monoisotopic (exact) mass is 200 g/mol. The SMILES string of the molecule is CCOC1CC(NN(C)C)C1(C)CC. The van der Waals surface area contributed by atoms with Crippen molar-refractivity contribution in [3.63, 3.8) is 0 Å². The highest BCUT2D eigenvalue weighted by molar-refractivity contribution is 5.04. The molecule has 0 saturated heterocycles. The van der Waals surface area contributed by atoms with E-state index in [2.05, 4.69) is 26.2 Å². The smallest absolute Gasteiger partial charge is 0.0659 e. The predicted molar refractivity (Wildman–Crippen MR) is 59.0 cm³/mol. The molecule has 1 rings (SSSR count). The van der Waals surface area contributed by atoms with E-state index in [4.69, 9.17) is 4.74 Å². The summed E-state index contributed by atoms with van der Waals surface area (Å²) in [5.74, 6) is 0. The molecule has 0 aromatic rings. The van der Waals surface area contributed by atoms with E-state index < -0.39 is 0 Å². The summed E-state index contributed by atoms with van der Waals surface area (Å²) in [7, 11) is 4.09. The Labute approximate surface area is 87.8 Å². The second-order valence-corrected chi connectivity index (χ2v) is 4.62. The van der Waals surface area contributed by atoms with Crippen LogP contribution in [0.25, 0.3) is 0 Å². The van der Waals surface area contributed by atoms with Crippen LogP contribution in [0.4, 0.5) is 0 Å². The minimum absolute atomic E-state index is 0.306. The third kappa shape index (κ3) is 2.10. The lowest BCUT2D eigenvalue weighted by molar-refractivity contribution is -0.138. The number of hydrogen-bond donors (Lipinski definition) is 1. The fourth-order valence-corrected chi connectivity index (χ4v) is 2.26. The van der Waals surface area contributed by atoms with Gasteiger partial charge in [0.1, 0.15) is 0 Å². The zero-order valence-corrected chi connectivity index (χ0v) is 10.1. The van der Waals surface area contributed by atoms with Crippen molar-refractivity contribution in [2.24, 2.45) is 5.41 Å². The van der Waals surface area contributed by atoms with Crippen molar-refractivity contribution in [2.45, 2.75) is 45.8 Å². The Morgan fingerprint density at radius 2 is 2.07 bits per heavy atom. The molecule has 1 fully saturated rings. The standard InChI is InChI=1S/C11H24N2O/c1-6-11(3)9(12-13(4)5)8-10(11)14-7-2/h9-10,12H,6-8H2,1-5H3.